The van der Waals surface area contributed by atoms with Crippen molar-refractivity contribution < 1.29 is 4.79 Å². The first-order chi connectivity index (χ1) is 16.1. The Morgan fingerprint density at radius 1 is 0.545 bits per heavy atom. The van der Waals surface area contributed by atoms with E-state index in [9.17, 15) is 4.79 Å². The van der Waals surface area contributed by atoms with Crippen LogP contribution in [-0.4, -0.2) is 5.91 Å². The van der Waals surface area contributed by atoms with E-state index in [4.69, 9.17) is 5.73 Å². The number of primary amides is 1. The number of carbonyl (C=O) groups is 1. The molecule has 1 aromatic carbocycles. The summed E-state index contributed by atoms with van der Waals surface area (Å²) < 4.78 is 0. The zero-order valence-electron chi connectivity index (χ0n) is 22.5. The summed E-state index contributed by atoms with van der Waals surface area (Å²) >= 11 is 0. The van der Waals surface area contributed by atoms with Gasteiger partial charge in [0.2, 0.25) is 5.91 Å². The quantitative estimate of drug-likeness (QED) is 0.173. The number of hydrogen-bond acceptors (Lipinski definition) is 1. The molecule has 2 N–H and O–H groups in total. The SMILES string of the molecule is CCCCCCCCc1cc(C(N)=O)cc(CCCCCCCC)c1CCCCCCCC. The van der Waals surface area contributed by atoms with Crippen molar-refractivity contribution in [2.75, 3.05) is 0 Å². The molecule has 0 saturated heterocycles. The van der Waals surface area contributed by atoms with E-state index < -0.39 is 0 Å². The zero-order chi connectivity index (χ0) is 24.2. The largest absolute Gasteiger partial charge is 0.366 e. The second-order valence-electron chi connectivity index (χ2n) is 10.2. The maximum atomic E-state index is 12.1. The van der Waals surface area contributed by atoms with Crippen molar-refractivity contribution in [2.24, 2.45) is 5.73 Å². The van der Waals surface area contributed by atoms with Crippen LogP contribution in [0.2, 0.25) is 0 Å². The molecule has 190 valence electrons. The Balaban J connectivity index is 2.84. The molecule has 0 aromatic heterocycles. The molecule has 0 unspecified atom stereocenters. The predicted molar refractivity (Wildman–Crippen MR) is 146 cm³/mol. The summed E-state index contributed by atoms with van der Waals surface area (Å²) in [6, 6.07) is 4.26. The van der Waals surface area contributed by atoms with Gasteiger partial charge in [-0.25, -0.2) is 0 Å². The van der Waals surface area contributed by atoms with Crippen LogP contribution < -0.4 is 5.73 Å². The molecule has 1 rings (SSSR count). The molecule has 0 heterocycles. The number of hydrogen-bond donors (Lipinski definition) is 1. The predicted octanol–water partition coefficient (Wildman–Crippen LogP) is 9.49. The van der Waals surface area contributed by atoms with Crippen LogP contribution in [0.1, 0.15) is 163 Å². The fraction of sp³-hybridized carbons (Fsp3) is 0.774. The van der Waals surface area contributed by atoms with E-state index >= 15 is 0 Å². The van der Waals surface area contributed by atoms with E-state index in [0.717, 1.165) is 18.4 Å². The fourth-order valence-electron chi connectivity index (χ4n) is 4.98. The lowest BCUT2D eigenvalue weighted by Gasteiger charge is -2.17. The Kier molecular flexibility index (Phi) is 18.1. The lowest BCUT2D eigenvalue weighted by molar-refractivity contribution is 0.1000. The first kappa shape index (κ1) is 29.7. The van der Waals surface area contributed by atoms with Gasteiger partial charge in [-0.15, -0.1) is 0 Å². The number of aryl methyl sites for hydroxylation is 2. The summed E-state index contributed by atoms with van der Waals surface area (Å²) in [5.74, 6) is -0.269. The summed E-state index contributed by atoms with van der Waals surface area (Å²) in [7, 11) is 0. The summed E-state index contributed by atoms with van der Waals surface area (Å²) in [5, 5.41) is 0. The average Bonchev–Trinajstić information content (AvgIpc) is 2.81. The van der Waals surface area contributed by atoms with Crippen LogP contribution in [0.5, 0.6) is 0 Å². The van der Waals surface area contributed by atoms with E-state index in [1.54, 1.807) is 5.56 Å². The molecule has 0 aliphatic heterocycles. The molecule has 0 bridgehead atoms. The molecule has 1 aromatic rings. The van der Waals surface area contributed by atoms with Gasteiger partial charge in [0.15, 0.2) is 0 Å². The number of nitrogens with two attached hydrogens (primary N) is 1. The zero-order valence-corrected chi connectivity index (χ0v) is 22.5. The smallest absolute Gasteiger partial charge is 0.248 e. The Hall–Kier alpha value is -1.31. The second kappa shape index (κ2) is 20.1. The second-order valence-corrected chi connectivity index (χ2v) is 10.2. The normalized spacial score (nSPS) is 11.2. The van der Waals surface area contributed by atoms with Crippen molar-refractivity contribution in [1.29, 1.82) is 0 Å². The first-order valence-electron chi connectivity index (χ1n) is 14.6. The molecule has 2 nitrogen and oxygen atoms in total. The van der Waals surface area contributed by atoms with Crippen molar-refractivity contribution in [3.8, 4) is 0 Å². The molecule has 0 aliphatic rings. The van der Waals surface area contributed by atoms with E-state index in [2.05, 4.69) is 32.9 Å². The van der Waals surface area contributed by atoms with Crippen LogP contribution in [0.4, 0.5) is 0 Å². The molecule has 0 fully saturated rings. The maximum absolute atomic E-state index is 12.1. The van der Waals surface area contributed by atoms with Crippen LogP contribution in [0.3, 0.4) is 0 Å². The van der Waals surface area contributed by atoms with Crippen LogP contribution in [-0.2, 0) is 19.3 Å². The highest BCUT2D eigenvalue weighted by Crippen LogP contribution is 2.25. The van der Waals surface area contributed by atoms with Gasteiger partial charge in [-0.2, -0.15) is 0 Å². The fourth-order valence-corrected chi connectivity index (χ4v) is 4.98. The number of benzene rings is 1. The van der Waals surface area contributed by atoms with E-state index in [0.29, 0.717) is 0 Å². The van der Waals surface area contributed by atoms with Crippen molar-refractivity contribution in [1.82, 2.24) is 0 Å². The number of rotatable bonds is 22. The van der Waals surface area contributed by atoms with Crippen LogP contribution in [0.25, 0.3) is 0 Å². The molecule has 0 aliphatic carbocycles. The Morgan fingerprint density at radius 2 is 0.879 bits per heavy atom. The van der Waals surface area contributed by atoms with Crippen molar-refractivity contribution >= 4 is 5.91 Å². The standard InChI is InChI=1S/C31H55NO/c1-4-7-10-13-16-19-22-27-25-29(31(32)33)26-28(23-20-17-14-11-8-5-2)30(27)24-21-18-15-12-9-6-3/h25-26H,4-24H2,1-3H3,(H2,32,33). The molecular formula is C31H55NO. The summed E-state index contributed by atoms with van der Waals surface area (Å²) in [4.78, 5) is 12.1. The van der Waals surface area contributed by atoms with Gasteiger partial charge in [0.25, 0.3) is 0 Å². The van der Waals surface area contributed by atoms with E-state index in [1.807, 2.05) is 0 Å². The summed E-state index contributed by atoms with van der Waals surface area (Å²) in [6.07, 6.45) is 27.1. The van der Waals surface area contributed by atoms with Crippen LogP contribution in [0.15, 0.2) is 12.1 Å². The molecule has 2 heteroatoms. The van der Waals surface area contributed by atoms with Gasteiger partial charge in [-0.05, 0) is 67.3 Å². The average molecular weight is 458 g/mol. The van der Waals surface area contributed by atoms with Crippen LogP contribution >= 0.6 is 0 Å². The Bertz CT molecular complexity index is 584. The molecule has 0 saturated carbocycles. The summed E-state index contributed by atoms with van der Waals surface area (Å²) in [5.41, 5.74) is 10.9. The van der Waals surface area contributed by atoms with Gasteiger partial charge in [0.05, 0.1) is 0 Å². The Labute approximate surface area is 206 Å². The lowest BCUT2D eigenvalue weighted by atomic mass is 9.88. The van der Waals surface area contributed by atoms with Crippen molar-refractivity contribution in [3.63, 3.8) is 0 Å². The maximum Gasteiger partial charge on any atom is 0.248 e. The molecule has 0 spiro atoms. The minimum absolute atomic E-state index is 0.269. The monoisotopic (exact) mass is 457 g/mol. The highest BCUT2D eigenvalue weighted by Gasteiger charge is 2.14. The van der Waals surface area contributed by atoms with Crippen molar-refractivity contribution in [3.05, 3.63) is 34.4 Å². The molecule has 0 radical (unpaired) electrons. The van der Waals surface area contributed by atoms with Gasteiger partial charge in [0, 0.05) is 5.56 Å². The van der Waals surface area contributed by atoms with Crippen molar-refractivity contribution in [2.45, 2.75) is 156 Å². The molecule has 1 amide bonds. The minimum atomic E-state index is -0.269. The van der Waals surface area contributed by atoms with E-state index in [1.165, 1.54) is 133 Å². The highest BCUT2D eigenvalue weighted by atomic mass is 16.1. The lowest BCUT2D eigenvalue weighted by Crippen LogP contribution is -2.14. The van der Waals surface area contributed by atoms with Gasteiger partial charge >= 0.3 is 0 Å². The minimum Gasteiger partial charge on any atom is -0.366 e. The third kappa shape index (κ3) is 13.9. The Morgan fingerprint density at radius 3 is 1.24 bits per heavy atom. The van der Waals surface area contributed by atoms with Gasteiger partial charge in [-0.3, -0.25) is 4.79 Å². The number of unbranched alkanes of at least 4 members (excludes halogenated alkanes) is 15. The topological polar surface area (TPSA) is 43.1 Å². The summed E-state index contributed by atoms with van der Waals surface area (Å²) in [6.45, 7) is 6.83. The number of amides is 1. The number of carbonyl (C=O) groups excluding carboxylic acids is 1. The first-order valence-corrected chi connectivity index (χ1v) is 14.6. The highest BCUT2D eigenvalue weighted by molar-refractivity contribution is 5.93. The molecule has 33 heavy (non-hydrogen) atoms. The molecule has 0 atom stereocenters. The van der Waals surface area contributed by atoms with Gasteiger partial charge in [-0.1, -0.05) is 117 Å². The third-order valence-corrected chi connectivity index (χ3v) is 7.10. The van der Waals surface area contributed by atoms with Gasteiger partial charge < -0.3 is 5.73 Å². The van der Waals surface area contributed by atoms with E-state index in [-0.39, 0.29) is 5.91 Å². The molecular weight excluding hydrogens is 402 g/mol. The van der Waals surface area contributed by atoms with Gasteiger partial charge in [0.1, 0.15) is 0 Å². The van der Waals surface area contributed by atoms with Crippen LogP contribution in [0, 0.1) is 0 Å². The third-order valence-electron chi connectivity index (χ3n) is 7.10.